The third-order valence-electron chi connectivity index (χ3n) is 2.96. The van der Waals surface area contributed by atoms with Crippen LogP contribution in [0.2, 0.25) is 0 Å². The highest BCUT2D eigenvalue weighted by Crippen LogP contribution is 2.13. The fourth-order valence-corrected chi connectivity index (χ4v) is 3.25. The van der Waals surface area contributed by atoms with Gasteiger partial charge in [-0.2, -0.15) is 0 Å². The number of amidine groups is 1. The van der Waals surface area contributed by atoms with Crippen LogP contribution in [0, 0.1) is 5.41 Å². The average Bonchev–Trinajstić information content (AvgIpc) is 2.39. The van der Waals surface area contributed by atoms with Crippen molar-refractivity contribution in [2.45, 2.75) is 19.8 Å². The summed E-state index contributed by atoms with van der Waals surface area (Å²) in [5.41, 5.74) is 6.35. The van der Waals surface area contributed by atoms with Crippen LogP contribution in [0.5, 0.6) is 0 Å². The summed E-state index contributed by atoms with van der Waals surface area (Å²) < 4.78 is 23.6. The van der Waals surface area contributed by atoms with Crippen LogP contribution in [-0.2, 0) is 9.84 Å². The van der Waals surface area contributed by atoms with E-state index in [-0.39, 0.29) is 17.3 Å². The van der Waals surface area contributed by atoms with Gasteiger partial charge in [-0.3, -0.25) is 5.41 Å². The molecule has 20 heavy (non-hydrogen) atoms. The molecule has 0 aliphatic rings. The molecule has 0 bridgehead atoms. The Kier molecular flexibility index (Phi) is 6.51. The number of hydrogen-bond donors (Lipinski definition) is 2. The number of nitrogens with zero attached hydrogens (tertiary/aromatic N) is 1. The van der Waals surface area contributed by atoms with Crippen LogP contribution in [0.25, 0.3) is 0 Å². The van der Waals surface area contributed by atoms with Crippen LogP contribution >= 0.6 is 0 Å². The van der Waals surface area contributed by atoms with Crippen LogP contribution in [-0.4, -0.2) is 38.8 Å². The molecule has 0 unspecified atom stereocenters. The number of nitrogens with one attached hydrogen (secondary N) is 1. The fourth-order valence-electron chi connectivity index (χ4n) is 1.93. The highest BCUT2D eigenvalue weighted by molar-refractivity contribution is 7.91. The molecule has 0 saturated carbocycles. The molecular formula is C14H23N3O2S. The Morgan fingerprint density at radius 1 is 1.20 bits per heavy atom. The summed E-state index contributed by atoms with van der Waals surface area (Å²) in [7, 11) is -3.00. The second-order valence-electron chi connectivity index (χ2n) is 4.75. The highest BCUT2D eigenvalue weighted by Gasteiger charge is 2.13. The smallest absolute Gasteiger partial charge is 0.152 e. The van der Waals surface area contributed by atoms with Crippen molar-refractivity contribution < 1.29 is 8.42 Å². The molecule has 0 heterocycles. The van der Waals surface area contributed by atoms with Crippen molar-refractivity contribution in [3.8, 4) is 0 Å². The second kappa shape index (κ2) is 7.89. The molecule has 0 fully saturated rings. The van der Waals surface area contributed by atoms with Crippen LogP contribution in [0.3, 0.4) is 0 Å². The van der Waals surface area contributed by atoms with Crippen LogP contribution in [0.1, 0.15) is 19.8 Å². The van der Waals surface area contributed by atoms with Gasteiger partial charge in [0.25, 0.3) is 0 Å². The molecule has 0 spiro atoms. The van der Waals surface area contributed by atoms with Gasteiger partial charge in [-0.15, -0.1) is 0 Å². The molecule has 5 nitrogen and oxygen atoms in total. The van der Waals surface area contributed by atoms with E-state index in [1.807, 2.05) is 42.2 Å². The molecule has 0 aliphatic carbocycles. The molecule has 3 N–H and O–H groups in total. The molecule has 0 radical (unpaired) electrons. The van der Waals surface area contributed by atoms with Crippen LogP contribution in [0.15, 0.2) is 30.3 Å². The normalized spacial score (nSPS) is 11.2. The maximum atomic E-state index is 11.8. The summed E-state index contributed by atoms with van der Waals surface area (Å²) in [4.78, 5) is 1.97. The molecule has 6 heteroatoms. The van der Waals surface area contributed by atoms with E-state index in [1.54, 1.807) is 0 Å². The van der Waals surface area contributed by atoms with E-state index >= 15 is 0 Å². The Bertz CT molecular complexity index is 514. The van der Waals surface area contributed by atoms with Gasteiger partial charge in [0.15, 0.2) is 9.84 Å². The van der Waals surface area contributed by atoms with Gasteiger partial charge in [0.2, 0.25) is 0 Å². The summed E-state index contributed by atoms with van der Waals surface area (Å²) in [6, 6.07) is 9.62. The van der Waals surface area contributed by atoms with E-state index < -0.39 is 9.84 Å². The van der Waals surface area contributed by atoms with Gasteiger partial charge >= 0.3 is 0 Å². The fraction of sp³-hybridized carbons (Fsp3) is 0.500. The van der Waals surface area contributed by atoms with Crippen LogP contribution < -0.4 is 10.6 Å². The highest BCUT2D eigenvalue weighted by atomic mass is 32.2. The van der Waals surface area contributed by atoms with Crippen molar-refractivity contribution in [1.82, 2.24) is 0 Å². The van der Waals surface area contributed by atoms with Crippen molar-refractivity contribution >= 4 is 21.4 Å². The number of nitrogens with two attached hydrogens (primary N) is 1. The van der Waals surface area contributed by atoms with Crippen molar-refractivity contribution in [2.75, 3.05) is 29.5 Å². The van der Waals surface area contributed by atoms with Crippen molar-refractivity contribution in [3.05, 3.63) is 30.3 Å². The summed E-state index contributed by atoms with van der Waals surface area (Å²) in [6.45, 7) is 2.85. The van der Waals surface area contributed by atoms with Crippen molar-refractivity contribution in [3.63, 3.8) is 0 Å². The maximum absolute atomic E-state index is 11.8. The molecule has 0 atom stereocenters. The summed E-state index contributed by atoms with van der Waals surface area (Å²) >= 11 is 0. The Morgan fingerprint density at radius 2 is 1.85 bits per heavy atom. The quantitative estimate of drug-likeness (QED) is 0.536. The molecule has 0 amide bonds. The number of para-hydroxylation sites is 1. The second-order valence-corrected chi connectivity index (χ2v) is 7.05. The number of benzene rings is 1. The van der Waals surface area contributed by atoms with Gasteiger partial charge < -0.3 is 10.6 Å². The Balaban J connectivity index is 2.71. The molecular weight excluding hydrogens is 274 g/mol. The first-order chi connectivity index (χ1) is 9.44. The van der Waals surface area contributed by atoms with Gasteiger partial charge in [-0.25, -0.2) is 8.42 Å². The first kappa shape index (κ1) is 16.5. The summed E-state index contributed by atoms with van der Waals surface area (Å²) in [5.74, 6) is 0.470. The van der Waals surface area contributed by atoms with Gasteiger partial charge in [-0.05, 0) is 18.6 Å². The standard InChI is InChI=1S/C14H23N3O2S/c1-2-11-20(18,19)12-10-17(9-8-14(15)16)13-6-4-3-5-7-13/h3-7H,2,8-12H2,1H3,(H3,15,16). The molecule has 0 aromatic heterocycles. The third-order valence-corrected chi connectivity index (χ3v) is 4.79. The van der Waals surface area contributed by atoms with E-state index in [2.05, 4.69) is 0 Å². The zero-order valence-electron chi connectivity index (χ0n) is 11.9. The average molecular weight is 297 g/mol. The number of rotatable bonds is 9. The predicted molar refractivity (Wildman–Crippen MR) is 84.1 cm³/mol. The lowest BCUT2D eigenvalue weighted by molar-refractivity contribution is 0.593. The van der Waals surface area contributed by atoms with Crippen LogP contribution in [0.4, 0.5) is 5.69 Å². The molecule has 112 valence electrons. The number of hydrogen-bond acceptors (Lipinski definition) is 4. The first-order valence-corrected chi connectivity index (χ1v) is 8.60. The number of sulfone groups is 1. The predicted octanol–water partition coefficient (Wildman–Crippen LogP) is 1.64. The maximum Gasteiger partial charge on any atom is 0.152 e. The lowest BCUT2D eigenvalue weighted by atomic mass is 10.2. The lowest BCUT2D eigenvalue weighted by Gasteiger charge is -2.24. The molecule has 0 aliphatic heterocycles. The largest absolute Gasteiger partial charge is 0.388 e. The topological polar surface area (TPSA) is 87.2 Å². The Hall–Kier alpha value is -1.56. The molecule has 0 saturated heterocycles. The monoisotopic (exact) mass is 297 g/mol. The summed E-state index contributed by atoms with van der Waals surface area (Å²) in [6.07, 6.45) is 1.07. The van der Waals surface area contributed by atoms with Gasteiger partial charge in [0.05, 0.1) is 11.6 Å². The molecule has 1 aromatic carbocycles. The third kappa shape index (κ3) is 6.06. The molecule has 1 aromatic rings. The zero-order chi connectivity index (χ0) is 15.0. The van der Waals surface area contributed by atoms with Crippen molar-refractivity contribution in [2.24, 2.45) is 5.73 Å². The summed E-state index contributed by atoms with van der Waals surface area (Å²) in [5, 5.41) is 7.30. The van der Waals surface area contributed by atoms with E-state index in [4.69, 9.17) is 11.1 Å². The minimum atomic E-state index is -3.00. The lowest BCUT2D eigenvalue weighted by Crippen LogP contribution is -2.32. The van der Waals surface area contributed by atoms with E-state index in [9.17, 15) is 8.42 Å². The van der Waals surface area contributed by atoms with Crippen molar-refractivity contribution in [1.29, 1.82) is 5.41 Å². The molecule has 1 rings (SSSR count). The number of anilines is 1. The van der Waals surface area contributed by atoms with E-state index in [1.165, 1.54) is 0 Å². The SMILES string of the molecule is CCCS(=O)(=O)CCN(CCC(=N)N)c1ccccc1. The van der Waals surface area contributed by atoms with Gasteiger partial charge in [0, 0.05) is 31.0 Å². The Labute approximate surface area is 121 Å². The minimum absolute atomic E-state index is 0.113. The Morgan fingerprint density at radius 3 is 2.40 bits per heavy atom. The van der Waals surface area contributed by atoms with E-state index in [0.29, 0.717) is 25.9 Å². The first-order valence-electron chi connectivity index (χ1n) is 6.78. The minimum Gasteiger partial charge on any atom is -0.388 e. The van der Waals surface area contributed by atoms with E-state index in [0.717, 1.165) is 5.69 Å². The van der Waals surface area contributed by atoms with Gasteiger partial charge in [-0.1, -0.05) is 25.1 Å². The van der Waals surface area contributed by atoms with Gasteiger partial charge in [0.1, 0.15) is 0 Å². The zero-order valence-corrected chi connectivity index (χ0v) is 12.7.